The second-order valence-corrected chi connectivity index (χ2v) is 10.5. The van der Waals surface area contributed by atoms with E-state index in [1.807, 2.05) is 49.7 Å². The molecule has 5 rings (SSSR count). The van der Waals surface area contributed by atoms with Crippen molar-refractivity contribution < 1.29 is 18.8 Å². The van der Waals surface area contributed by atoms with Gasteiger partial charge in [-0.05, 0) is 36.6 Å². The van der Waals surface area contributed by atoms with Crippen LogP contribution in [-0.2, 0) is 10.2 Å². The number of urea groups is 1. The number of nitrogens with one attached hydrogen (secondary N) is 2. The smallest absolute Gasteiger partial charge is 0.324 e. The molecule has 0 radical (unpaired) electrons. The molecule has 1 fully saturated rings. The Morgan fingerprint density at radius 3 is 2.65 bits per heavy atom. The number of fused-ring (bicyclic) bond motifs is 1. The van der Waals surface area contributed by atoms with Crippen LogP contribution in [0.4, 0.5) is 16.3 Å². The Morgan fingerprint density at radius 1 is 1.10 bits per heavy atom. The number of carbonyl (C=O) groups excluding carboxylic acids is 1. The Morgan fingerprint density at radius 2 is 1.90 bits per heavy atom. The van der Waals surface area contributed by atoms with E-state index in [0.29, 0.717) is 41.1 Å². The maximum Gasteiger partial charge on any atom is 0.324 e. The molecule has 11 heteroatoms. The zero-order valence-electron chi connectivity index (χ0n) is 22.9. The molecule has 11 nitrogen and oxygen atoms in total. The van der Waals surface area contributed by atoms with E-state index in [1.165, 1.54) is 0 Å². The number of hydrogen-bond acceptors (Lipinski definition) is 8. The van der Waals surface area contributed by atoms with Crippen molar-refractivity contribution in [2.75, 3.05) is 50.1 Å². The van der Waals surface area contributed by atoms with Gasteiger partial charge in [0.05, 0.1) is 32.2 Å². The fourth-order valence-corrected chi connectivity index (χ4v) is 4.04. The molecule has 1 aromatic carbocycles. The first kappa shape index (κ1) is 27.2. The lowest BCUT2D eigenvalue weighted by atomic mass is 9.93. The van der Waals surface area contributed by atoms with Gasteiger partial charge in [-0.25, -0.2) is 14.8 Å². The number of nitrogens with zero attached hydrogens (tertiary/aromatic N) is 5. The zero-order chi connectivity index (χ0) is 28.0. The Kier molecular flexibility index (Phi) is 8.28. The monoisotopic (exact) mass is 543 g/mol. The van der Waals surface area contributed by atoms with Gasteiger partial charge >= 0.3 is 6.03 Å². The number of benzene rings is 1. The topological polar surface area (TPSA) is 119 Å². The normalized spacial score (nSPS) is 14.0. The second kappa shape index (κ2) is 12.2. The standard InChI is InChI=1S/C29H33N7O4/c1-29(2,3)25-17-26(34-40-25)33-28(37)32-22-8-5-21(6-9-22)7-10-23-19-36-20-24(18-30-27(36)31-23)39-14-4-11-35-12-15-38-16-13-35/h5-6,8-9,17-20H,4,11-16H2,1-3H3,(H2,32,33,34,37). The molecule has 2 N–H and O–H groups in total. The Balaban J connectivity index is 1.12. The summed E-state index contributed by atoms with van der Waals surface area (Å²) in [6.45, 7) is 11.2. The van der Waals surface area contributed by atoms with Crippen LogP contribution >= 0.6 is 0 Å². The van der Waals surface area contributed by atoms with E-state index < -0.39 is 6.03 Å². The van der Waals surface area contributed by atoms with Gasteiger partial charge < -0.3 is 19.3 Å². The highest BCUT2D eigenvalue weighted by atomic mass is 16.5. The van der Waals surface area contributed by atoms with Gasteiger partial charge in [0.2, 0.25) is 5.78 Å². The highest BCUT2D eigenvalue weighted by Gasteiger charge is 2.20. The first-order valence-corrected chi connectivity index (χ1v) is 13.3. The average Bonchev–Trinajstić information content (AvgIpc) is 3.58. The summed E-state index contributed by atoms with van der Waals surface area (Å²) in [5.41, 5.74) is 1.81. The molecule has 0 spiro atoms. The Hall–Kier alpha value is -4.40. The fraction of sp³-hybridized carbons (Fsp3) is 0.379. The summed E-state index contributed by atoms with van der Waals surface area (Å²) in [7, 11) is 0. The fourth-order valence-electron chi connectivity index (χ4n) is 4.04. The number of rotatable bonds is 7. The Bertz CT molecular complexity index is 1500. The summed E-state index contributed by atoms with van der Waals surface area (Å²) >= 11 is 0. The molecule has 3 aromatic heterocycles. The van der Waals surface area contributed by atoms with Crippen LogP contribution in [0.5, 0.6) is 5.75 Å². The first-order chi connectivity index (χ1) is 19.3. The van der Waals surface area contributed by atoms with E-state index in [4.69, 9.17) is 14.0 Å². The molecular formula is C29H33N7O4. The highest BCUT2D eigenvalue weighted by Crippen LogP contribution is 2.24. The molecule has 2 amide bonds. The zero-order valence-corrected chi connectivity index (χ0v) is 22.9. The van der Waals surface area contributed by atoms with Crippen LogP contribution in [0, 0.1) is 11.8 Å². The number of amides is 2. The molecule has 0 aliphatic carbocycles. The van der Waals surface area contributed by atoms with E-state index in [2.05, 4.69) is 42.5 Å². The van der Waals surface area contributed by atoms with Crippen molar-refractivity contribution in [3.05, 3.63) is 65.9 Å². The molecule has 4 aromatic rings. The van der Waals surface area contributed by atoms with E-state index in [9.17, 15) is 4.79 Å². The molecule has 0 atom stereocenters. The number of anilines is 2. The van der Waals surface area contributed by atoms with Gasteiger partial charge in [0.25, 0.3) is 0 Å². The number of carbonyl (C=O) groups is 1. The number of imidazole rings is 1. The summed E-state index contributed by atoms with van der Waals surface area (Å²) in [5.74, 6) is 8.46. The molecule has 4 heterocycles. The van der Waals surface area contributed by atoms with Crippen LogP contribution in [0.2, 0.25) is 0 Å². The van der Waals surface area contributed by atoms with Crippen LogP contribution in [0.3, 0.4) is 0 Å². The number of morpholine rings is 1. The van der Waals surface area contributed by atoms with Gasteiger partial charge in [-0.15, -0.1) is 0 Å². The minimum Gasteiger partial charge on any atom is -0.490 e. The minimum absolute atomic E-state index is 0.194. The van der Waals surface area contributed by atoms with Crippen molar-refractivity contribution in [2.45, 2.75) is 32.6 Å². The third kappa shape index (κ3) is 7.37. The summed E-state index contributed by atoms with van der Waals surface area (Å²) in [5, 5.41) is 9.34. The van der Waals surface area contributed by atoms with E-state index >= 15 is 0 Å². The maximum atomic E-state index is 12.3. The van der Waals surface area contributed by atoms with Gasteiger partial charge in [0.1, 0.15) is 11.5 Å². The van der Waals surface area contributed by atoms with Gasteiger partial charge in [0.15, 0.2) is 11.6 Å². The van der Waals surface area contributed by atoms with E-state index in [0.717, 1.165) is 44.8 Å². The lowest BCUT2D eigenvalue weighted by molar-refractivity contribution is 0.0358. The van der Waals surface area contributed by atoms with Crippen molar-refractivity contribution in [3.63, 3.8) is 0 Å². The van der Waals surface area contributed by atoms with Crippen LogP contribution < -0.4 is 15.4 Å². The van der Waals surface area contributed by atoms with Gasteiger partial charge in [-0.3, -0.25) is 14.6 Å². The van der Waals surface area contributed by atoms with Crippen molar-refractivity contribution in [1.82, 2.24) is 24.4 Å². The predicted octanol–water partition coefficient (Wildman–Crippen LogP) is 4.16. The van der Waals surface area contributed by atoms with Crippen LogP contribution in [0.25, 0.3) is 5.78 Å². The van der Waals surface area contributed by atoms with Gasteiger partial charge in [-0.1, -0.05) is 31.8 Å². The number of aromatic nitrogens is 4. The predicted molar refractivity (Wildman–Crippen MR) is 151 cm³/mol. The molecule has 1 aliphatic heterocycles. The summed E-state index contributed by atoms with van der Waals surface area (Å²) in [6.07, 6.45) is 6.31. The molecule has 208 valence electrons. The quantitative estimate of drug-likeness (QED) is 0.264. The molecular weight excluding hydrogens is 510 g/mol. The lowest BCUT2D eigenvalue weighted by Crippen LogP contribution is -2.37. The lowest BCUT2D eigenvalue weighted by Gasteiger charge is -2.26. The molecule has 40 heavy (non-hydrogen) atoms. The average molecular weight is 544 g/mol. The van der Waals surface area contributed by atoms with Crippen LogP contribution in [0.1, 0.15) is 44.2 Å². The van der Waals surface area contributed by atoms with Crippen molar-refractivity contribution in [3.8, 4) is 17.6 Å². The van der Waals surface area contributed by atoms with Gasteiger partial charge in [-0.2, -0.15) is 0 Å². The highest BCUT2D eigenvalue weighted by molar-refractivity contribution is 5.99. The maximum absolute atomic E-state index is 12.3. The first-order valence-electron chi connectivity index (χ1n) is 13.3. The van der Waals surface area contributed by atoms with Crippen LogP contribution in [-0.4, -0.2) is 69.9 Å². The van der Waals surface area contributed by atoms with Gasteiger partial charge in [0, 0.05) is 48.6 Å². The summed E-state index contributed by atoms with van der Waals surface area (Å²) in [6, 6.07) is 8.52. The Labute approximate surface area is 232 Å². The SMILES string of the molecule is CC(C)(C)c1cc(NC(=O)Nc2ccc(C#Cc3cn4cc(OCCCN5CCOCC5)cnc4n3)cc2)no1. The molecule has 1 aliphatic rings. The number of hydrogen-bond donors (Lipinski definition) is 2. The largest absolute Gasteiger partial charge is 0.490 e. The molecule has 0 unspecified atom stereocenters. The molecule has 1 saturated heterocycles. The van der Waals surface area contributed by atoms with E-state index in [1.54, 1.807) is 24.4 Å². The molecule has 0 bridgehead atoms. The summed E-state index contributed by atoms with van der Waals surface area (Å²) in [4.78, 5) is 23.6. The third-order valence-electron chi connectivity index (χ3n) is 6.25. The second-order valence-electron chi connectivity index (χ2n) is 10.5. The van der Waals surface area contributed by atoms with Crippen molar-refractivity contribution >= 4 is 23.3 Å². The summed E-state index contributed by atoms with van der Waals surface area (Å²) < 4.78 is 18.4. The molecule has 0 saturated carbocycles. The van der Waals surface area contributed by atoms with Crippen LogP contribution in [0.15, 0.2) is 53.4 Å². The minimum atomic E-state index is -0.412. The number of ether oxygens (including phenoxy) is 2. The van der Waals surface area contributed by atoms with E-state index in [-0.39, 0.29) is 5.41 Å². The van der Waals surface area contributed by atoms with Crippen molar-refractivity contribution in [1.29, 1.82) is 0 Å². The third-order valence-corrected chi connectivity index (χ3v) is 6.25. The van der Waals surface area contributed by atoms with Crippen molar-refractivity contribution in [2.24, 2.45) is 0 Å².